The van der Waals surface area contributed by atoms with Crippen LogP contribution < -0.4 is 4.74 Å². The minimum Gasteiger partial charge on any atom is -0.400 e. The van der Waals surface area contributed by atoms with Crippen LogP contribution in [0.1, 0.15) is 20.8 Å². The smallest absolute Gasteiger partial charge is 0.400 e. The summed E-state index contributed by atoms with van der Waals surface area (Å²) in [6.45, 7) is 8.86. The van der Waals surface area contributed by atoms with Gasteiger partial charge in [-0.1, -0.05) is 20.4 Å². The van der Waals surface area contributed by atoms with Gasteiger partial charge in [-0.3, -0.25) is 10.1 Å². The molecule has 6 nitrogen and oxygen atoms in total. The molecule has 1 aromatic carbocycles. The zero-order valence-corrected chi connectivity index (χ0v) is 10.5. The minimum atomic E-state index is -0.929. The first-order valence-corrected chi connectivity index (χ1v) is 5.28. The van der Waals surface area contributed by atoms with E-state index in [2.05, 4.69) is 11.3 Å². The lowest BCUT2D eigenvalue weighted by Crippen LogP contribution is -2.08. The van der Waals surface area contributed by atoms with Crippen LogP contribution in [0.15, 0.2) is 36.6 Å². The Morgan fingerprint density at radius 2 is 1.78 bits per heavy atom. The molecule has 0 atom stereocenters. The number of carbonyl (C=O) groups is 1. The fourth-order valence-electron chi connectivity index (χ4n) is 0.895. The van der Waals surface area contributed by atoms with Crippen LogP contribution in [0.25, 0.3) is 0 Å². The van der Waals surface area contributed by atoms with E-state index < -0.39 is 11.1 Å². The monoisotopic (exact) mass is 253 g/mol. The number of hydrogen-bond acceptors (Lipinski definition) is 5. The van der Waals surface area contributed by atoms with E-state index in [-0.39, 0.29) is 17.2 Å². The molecular formula is C12H15NO5. The van der Waals surface area contributed by atoms with Gasteiger partial charge >= 0.3 is 6.16 Å². The van der Waals surface area contributed by atoms with Crippen molar-refractivity contribution in [2.24, 2.45) is 0 Å². The zero-order valence-electron chi connectivity index (χ0n) is 10.5. The van der Waals surface area contributed by atoms with Gasteiger partial charge in [-0.2, -0.15) is 0 Å². The second-order valence-corrected chi connectivity index (χ2v) is 2.91. The maximum Gasteiger partial charge on any atom is 0.519 e. The highest BCUT2D eigenvalue weighted by Gasteiger charge is 2.09. The van der Waals surface area contributed by atoms with Crippen LogP contribution >= 0.6 is 0 Å². The number of rotatable bonds is 3. The fraction of sp³-hybridized carbons (Fsp3) is 0.250. The molecule has 0 amide bonds. The van der Waals surface area contributed by atoms with Gasteiger partial charge in [0.1, 0.15) is 11.5 Å². The SMILES string of the molecule is C=C(C)OC(=O)Oc1ccc([N+](=O)[O-])cc1.CC. The number of benzene rings is 1. The van der Waals surface area contributed by atoms with Crippen molar-refractivity contribution in [1.82, 2.24) is 0 Å². The molecule has 1 rings (SSSR count). The second-order valence-electron chi connectivity index (χ2n) is 2.91. The van der Waals surface area contributed by atoms with Crippen LogP contribution in [0.2, 0.25) is 0 Å². The number of nitro groups is 1. The van der Waals surface area contributed by atoms with Crippen LogP contribution in [0.5, 0.6) is 5.75 Å². The lowest BCUT2D eigenvalue weighted by atomic mass is 10.3. The fourth-order valence-corrected chi connectivity index (χ4v) is 0.895. The molecule has 18 heavy (non-hydrogen) atoms. The molecule has 6 heteroatoms. The molecule has 0 fully saturated rings. The molecule has 1 aromatic rings. The van der Waals surface area contributed by atoms with Gasteiger partial charge in [0.05, 0.1) is 4.92 Å². The highest BCUT2D eigenvalue weighted by molar-refractivity contribution is 5.65. The second kappa shape index (κ2) is 7.83. The molecular weight excluding hydrogens is 238 g/mol. The van der Waals surface area contributed by atoms with Crippen LogP contribution in [0.3, 0.4) is 0 Å². The van der Waals surface area contributed by atoms with Crippen LogP contribution in [-0.2, 0) is 4.74 Å². The minimum absolute atomic E-state index is 0.0828. The molecule has 0 aliphatic rings. The summed E-state index contributed by atoms with van der Waals surface area (Å²) in [6, 6.07) is 5.06. The summed E-state index contributed by atoms with van der Waals surface area (Å²) in [5, 5.41) is 10.3. The molecule has 0 heterocycles. The van der Waals surface area contributed by atoms with Crippen LogP contribution in [-0.4, -0.2) is 11.1 Å². The summed E-state index contributed by atoms with van der Waals surface area (Å²) in [4.78, 5) is 20.8. The third-order valence-corrected chi connectivity index (χ3v) is 1.51. The summed E-state index contributed by atoms with van der Waals surface area (Å²) in [5.74, 6) is 0.365. The van der Waals surface area contributed by atoms with Crippen molar-refractivity contribution in [1.29, 1.82) is 0 Å². The Morgan fingerprint density at radius 3 is 2.17 bits per heavy atom. The number of allylic oxidation sites excluding steroid dienone is 1. The lowest BCUT2D eigenvalue weighted by Gasteiger charge is -2.03. The maximum absolute atomic E-state index is 11.0. The molecule has 0 N–H and O–H groups in total. The Bertz CT molecular complexity index is 425. The van der Waals surface area contributed by atoms with Gasteiger partial charge in [-0.05, 0) is 19.1 Å². The van der Waals surface area contributed by atoms with Crippen molar-refractivity contribution >= 4 is 11.8 Å². The van der Waals surface area contributed by atoms with Crippen molar-refractivity contribution in [2.75, 3.05) is 0 Å². The van der Waals surface area contributed by atoms with E-state index in [1.807, 2.05) is 13.8 Å². The summed E-state index contributed by atoms with van der Waals surface area (Å²) in [6.07, 6.45) is -0.929. The quantitative estimate of drug-likeness (QED) is 0.270. The molecule has 0 saturated carbocycles. The van der Waals surface area contributed by atoms with Crippen LogP contribution in [0, 0.1) is 10.1 Å². The first kappa shape index (κ1) is 15.6. The summed E-state index contributed by atoms with van der Waals surface area (Å²) >= 11 is 0. The van der Waals surface area contributed by atoms with E-state index in [9.17, 15) is 14.9 Å². The van der Waals surface area contributed by atoms with Gasteiger partial charge in [0.15, 0.2) is 0 Å². The molecule has 0 aliphatic heterocycles. The number of carbonyl (C=O) groups excluding carboxylic acids is 1. The maximum atomic E-state index is 11.0. The Morgan fingerprint density at radius 1 is 1.28 bits per heavy atom. The van der Waals surface area contributed by atoms with E-state index in [4.69, 9.17) is 4.74 Å². The third kappa shape index (κ3) is 5.64. The summed E-state index contributed by atoms with van der Waals surface area (Å²) < 4.78 is 9.26. The van der Waals surface area contributed by atoms with Gasteiger partial charge in [0.2, 0.25) is 0 Å². The predicted octanol–water partition coefficient (Wildman–Crippen LogP) is 3.67. The number of non-ortho nitro benzene ring substituents is 1. The normalized spacial score (nSPS) is 8.61. The molecule has 0 unspecified atom stereocenters. The Kier molecular flexibility index (Phi) is 6.80. The van der Waals surface area contributed by atoms with E-state index >= 15 is 0 Å². The molecule has 98 valence electrons. The predicted molar refractivity (Wildman–Crippen MR) is 66.4 cm³/mol. The lowest BCUT2D eigenvalue weighted by molar-refractivity contribution is -0.384. The average Bonchev–Trinajstić information content (AvgIpc) is 2.31. The van der Waals surface area contributed by atoms with E-state index in [1.165, 1.54) is 31.2 Å². The highest BCUT2D eigenvalue weighted by Crippen LogP contribution is 2.17. The van der Waals surface area contributed by atoms with E-state index in [1.54, 1.807) is 0 Å². The van der Waals surface area contributed by atoms with E-state index in [0.717, 1.165) is 0 Å². The molecule has 0 aromatic heterocycles. The summed E-state index contributed by atoms with van der Waals surface area (Å²) in [7, 11) is 0. The number of ether oxygens (including phenoxy) is 2. The first-order valence-electron chi connectivity index (χ1n) is 5.28. The topological polar surface area (TPSA) is 78.7 Å². The number of nitro benzene ring substituents is 1. The largest absolute Gasteiger partial charge is 0.519 e. The Labute approximate surface area is 105 Å². The molecule has 0 bridgehead atoms. The van der Waals surface area contributed by atoms with Gasteiger partial charge in [-0.25, -0.2) is 4.79 Å². The van der Waals surface area contributed by atoms with Gasteiger partial charge in [0.25, 0.3) is 5.69 Å². The van der Waals surface area contributed by atoms with Gasteiger partial charge in [-0.15, -0.1) is 0 Å². The van der Waals surface area contributed by atoms with Crippen molar-refractivity contribution in [3.63, 3.8) is 0 Å². The number of hydrogen-bond donors (Lipinski definition) is 0. The first-order chi connectivity index (χ1) is 8.49. The van der Waals surface area contributed by atoms with Crippen molar-refractivity contribution in [2.45, 2.75) is 20.8 Å². The average molecular weight is 253 g/mol. The van der Waals surface area contributed by atoms with Crippen molar-refractivity contribution < 1.29 is 19.2 Å². The van der Waals surface area contributed by atoms with Crippen molar-refractivity contribution in [3.8, 4) is 5.75 Å². The standard InChI is InChI=1S/C10H9NO5.C2H6/c1-7(2)15-10(12)16-9-5-3-8(4-6-9)11(13)14;1-2/h3-6H,1H2,2H3;1-2H3. The third-order valence-electron chi connectivity index (χ3n) is 1.51. The molecule has 0 radical (unpaired) electrons. The summed E-state index contributed by atoms with van der Waals surface area (Å²) in [5.41, 5.74) is -0.0828. The molecule has 0 spiro atoms. The Hall–Kier alpha value is -2.37. The van der Waals surface area contributed by atoms with Gasteiger partial charge < -0.3 is 9.47 Å². The molecule has 0 saturated heterocycles. The number of nitrogens with zero attached hydrogens (tertiary/aromatic N) is 1. The van der Waals surface area contributed by atoms with E-state index in [0.29, 0.717) is 0 Å². The van der Waals surface area contributed by atoms with Crippen molar-refractivity contribution in [3.05, 3.63) is 46.7 Å². The molecule has 0 aliphatic carbocycles. The highest BCUT2D eigenvalue weighted by atomic mass is 16.7. The van der Waals surface area contributed by atoms with Crippen LogP contribution in [0.4, 0.5) is 10.5 Å². The van der Waals surface area contributed by atoms with Gasteiger partial charge in [0, 0.05) is 12.1 Å². The Balaban J connectivity index is 0.00000137. The zero-order chi connectivity index (χ0) is 14.1.